The van der Waals surface area contributed by atoms with E-state index in [-0.39, 0.29) is 16.4 Å². The van der Waals surface area contributed by atoms with E-state index in [2.05, 4.69) is 5.32 Å². The largest absolute Gasteiger partial charge is 0.452 e. The number of anilines is 1. The lowest BCUT2D eigenvalue weighted by molar-refractivity contribution is -0.384. The first-order valence-electron chi connectivity index (χ1n) is 7.84. The van der Waals surface area contributed by atoms with Gasteiger partial charge >= 0.3 is 5.97 Å². The van der Waals surface area contributed by atoms with Crippen molar-refractivity contribution in [3.63, 3.8) is 0 Å². The summed E-state index contributed by atoms with van der Waals surface area (Å²) in [6.45, 7) is -0.529. The van der Waals surface area contributed by atoms with Crippen LogP contribution in [0.1, 0.15) is 10.4 Å². The van der Waals surface area contributed by atoms with Gasteiger partial charge in [0.15, 0.2) is 6.61 Å². The average molecular weight is 385 g/mol. The molecule has 0 fully saturated rings. The van der Waals surface area contributed by atoms with E-state index >= 15 is 0 Å². The van der Waals surface area contributed by atoms with Gasteiger partial charge in [-0.15, -0.1) is 0 Å². The van der Waals surface area contributed by atoms with Gasteiger partial charge in [-0.1, -0.05) is 48.0 Å². The van der Waals surface area contributed by atoms with Crippen molar-refractivity contribution in [3.05, 3.63) is 81.4 Å². The van der Waals surface area contributed by atoms with Crippen LogP contribution in [0, 0.1) is 10.1 Å². The van der Waals surface area contributed by atoms with Crippen molar-refractivity contribution in [2.45, 2.75) is 0 Å². The molecule has 0 bridgehead atoms. The number of nitro benzene ring substituents is 1. The van der Waals surface area contributed by atoms with Gasteiger partial charge in [-0.25, -0.2) is 4.79 Å². The van der Waals surface area contributed by atoms with Crippen molar-refractivity contribution in [2.24, 2.45) is 0 Å². The van der Waals surface area contributed by atoms with E-state index in [9.17, 15) is 19.7 Å². The first-order valence-corrected chi connectivity index (χ1v) is 8.22. The maximum absolute atomic E-state index is 12.3. The van der Waals surface area contributed by atoms with Gasteiger partial charge in [0.05, 0.1) is 10.5 Å². The zero-order valence-corrected chi connectivity index (χ0v) is 14.6. The molecule has 0 atom stereocenters. The summed E-state index contributed by atoms with van der Waals surface area (Å²) in [6.07, 6.45) is 0. The lowest BCUT2D eigenvalue weighted by atomic mass is 10.1. The van der Waals surface area contributed by atoms with Gasteiger partial charge < -0.3 is 10.1 Å². The highest BCUT2D eigenvalue weighted by molar-refractivity contribution is 6.32. The molecule has 1 N–H and O–H groups in total. The Labute approximate surface area is 158 Å². The third kappa shape index (κ3) is 4.21. The van der Waals surface area contributed by atoms with Crippen LogP contribution >= 0.6 is 11.6 Å². The number of carbonyl (C=O) groups excluding carboxylic acids is 2. The van der Waals surface area contributed by atoms with Crippen LogP contribution in [0.5, 0.6) is 0 Å². The Kier molecular flexibility index (Phi) is 5.33. The number of carbonyl (C=O) groups is 2. The predicted molar refractivity (Wildman–Crippen MR) is 101 cm³/mol. The standard InChI is InChI=1S/C19H13ClN2O5/c20-16-9-8-13(10-17(16)22(25)26)21-18(23)11-27-19(24)15-7-3-5-12-4-1-2-6-14(12)15/h1-10H,11H2,(H,21,23). The molecule has 3 rings (SSSR count). The number of rotatable bonds is 5. The van der Waals surface area contributed by atoms with Gasteiger partial charge in [-0.2, -0.15) is 0 Å². The molecule has 0 saturated carbocycles. The Morgan fingerprint density at radius 3 is 2.59 bits per heavy atom. The number of fused-ring (bicyclic) bond motifs is 1. The summed E-state index contributed by atoms with van der Waals surface area (Å²) in [5.74, 6) is -1.26. The summed E-state index contributed by atoms with van der Waals surface area (Å²) in [5, 5.41) is 14.9. The van der Waals surface area contributed by atoms with Crippen LogP contribution in [0.15, 0.2) is 60.7 Å². The molecule has 0 aliphatic carbocycles. The van der Waals surface area contributed by atoms with E-state index in [0.717, 1.165) is 16.8 Å². The van der Waals surface area contributed by atoms with Gasteiger partial charge in [-0.05, 0) is 29.0 Å². The summed E-state index contributed by atoms with van der Waals surface area (Å²) < 4.78 is 5.06. The SMILES string of the molecule is O=C(COC(=O)c1cccc2ccccc12)Nc1ccc(Cl)c([N+](=O)[O-])c1. The number of hydrogen-bond acceptors (Lipinski definition) is 5. The molecule has 3 aromatic carbocycles. The highest BCUT2D eigenvalue weighted by Gasteiger charge is 2.16. The first-order chi connectivity index (χ1) is 13.0. The van der Waals surface area contributed by atoms with E-state index in [4.69, 9.17) is 16.3 Å². The minimum atomic E-state index is -0.654. The molecule has 0 radical (unpaired) electrons. The molecule has 0 spiro atoms. The summed E-state index contributed by atoms with van der Waals surface area (Å²) in [7, 11) is 0. The number of esters is 1. The molecule has 1 amide bonds. The third-order valence-electron chi connectivity index (χ3n) is 3.77. The number of amides is 1. The van der Waals surface area contributed by atoms with Crippen molar-refractivity contribution in [1.29, 1.82) is 0 Å². The quantitative estimate of drug-likeness (QED) is 0.404. The number of nitrogens with one attached hydrogen (secondary N) is 1. The molecule has 3 aromatic rings. The fourth-order valence-corrected chi connectivity index (χ4v) is 2.73. The van der Waals surface area contributed by atoms with Crippen LogP contribution in [0.25, 0.3) is 10.8 Å². The Morgan fingerprint density at radius 1 is 1.07 bits per heavy atom. The fourth-order valence-electron chi connectivity index (χ4n) is 2.54. The molecule has 8 heteroatoms. The predicted octanol–water partition coefficient (Wildman–Crippen LogP) is 4.20. The van der Waals surface area contributed by atoms with Crippen molar-refractivity contribution < 1.29 is 19.2 Å². The summed E-state index contributed by atoms with van der Waals surface area (Å²) >= 11 is 5.72. The molecular weight excluding hydrogens is 372 g/mol. The van der Waals surface area contributed by atoms with E-state index in [1.165, 1.54) is 12.1 Å². The average Bonchev–Trinajstić information content (AvgIpc) is 2.67. The fraction of sp³-hybridized carbons (Fsp3) is 0.0526. The Hall–Kier alpha value is -3.45. The maximum atomic E-state index is 12.3. The monoisotopic (exact) mass is 384 g/mol. The maximum Gasteiger partial charge on any atom is 0.339 e. The van der Waals surface area contributed by atoms with E-state index < -0.39 is 23.4 Å². The topological polar surface area (TPSA) is 98.5 Å². The van der Waals surface area contributed by atoms with Gasteiger partial charge in [0.1, 0.15) is 5.02 Å². The number of halogens is 1. The van der Waals surface area contributed by atoms with Crippen LogP contribution in [0.4, 0.5) is 11.4 Å². The normalized spacial score (nSPS) is 10.4. The number of nitro groups is 1. The first kappa shape index (κ1) is 18.3. The second-order valence-electron chi connectivity index (χ2n) is 5.57. The lowest BCUT2D eigenvalue weighted by Crippen LogP contribution is -2.21. The zero-order chi connectivity index (χ0) is 19.4. The minimum absolute atomic E-state index is 0.0413. The molecule has 0 aliphatic heterocycles. The van der Waals surface area contributed by atoms with Gasteiger partial charge in [0.25, 0.3) is 11.6 Å². The molecule has 0 aliphatic rings. The lowest BCUT2D eigenvalue weighted by Gasteiger charge is -2.08. The second-order valence-corrected chi connectivity index (χ2v) is 5.98. The van der Waals surface area contributed by atoms with E-state index in [1.54, 1.807) is 24.3 Å². The summed E-state index contributed by atoms with van der Waals surface area (Å²) in [4.78, 5) is 34.5. The highest BCUT2D eigenvalue weighted by Crippen LogP contribution is 2.27. The zero-order valence-electron chi connectivity index (χ0n) is 13.8. The second kappa shape index (κ2) is 7.84. The van der Waals surface area contributed by atoms with Crippen molar-refractivity contribution in [3.8, 4) is 0 Å². The van der Waals surface area contributed by atoms with Crippen LogP contribution in [0.2, 0.25) is 5.02 Å². The van der Waals surface area contributed by atoms with Crippen LogP contribution < -0.4 is 5.32 Å². The Morgan fingerprint density at radius 2 is 1.81 bits per heavy atom. The number of hydrogen-bond donors (Lipinski definition) is 1. The van der Waals surface area contributed by atoms with Crippen molar-refractivity contribution >= 4 is 45.6 Å². The summed E-state index contributed by atoms with van der Waals surface area (Å²) in [5.41, 5.74) is 0.197. The molecular formula is C19H13ClN2O5. The molecule has 0 aromatic heterocycles. The molecule has 27 heavy (non-hydrogen) atoms. The minimum Gasteiger partial charge on any atom is -0.452 e. The smallest absolute Gasteiger partial charge is 0.339 e. The Balaban J connectivity index is 1.66. The van der Waals surface area contributed by atoms with Gasteiger partial charge in [0, 0.05) is 11.8 Å². The van der Waals surface area contributed by atoms with E-state index in [0.29, 0.717) is 5.56 Å². The van der Waals surface area contributed by atoms with Crippen molar-refractivity contribution in [1.82, 2.24) is 0 Å². The van der Waals surface area contributed by atoms with Gasteiger partial charge in [0.2, 0.25) is 0 Å². The van der Waals surface area contributed by atoms with Crippen LogP contribution in [-0.2, 0) is 9.53 Å². The number of benzene rings is 3. The molecule has 136 valence electrons. The van der Waals surface area contributed by atoms with Crippen LogP contribution in [-0.4, -0.2) is 23.4 Å². The Bertz CT molecular complexity index is 1050. The molecule has 0 saturated heterocycles. The number of ether oxygens (including phenoxy) is 1. The van der Waals surface area contributed by atoms with Crippen molar-refractivity contribution in [2.75, 3.05) is 11.9 Å². The highest BCUT2D eigenvalue weighted by atomic mass is 35.5. The number of nitrogens with zero attached hydrogens (tertiary/aromatic N) is 1. The molecule has 0 heterocycles. The van der Waals surface area contributed by atoms with Crippen LogP contribution in [0.3, 0.4) is 0 Å². The molecule has 7 nitrogen and oxygen atoms in total. The third-order valence-corrected chi connectivity index (χ3v) is 4.09. The van der Waals surface area contributed by atoms with E-state index in [1.807, 2.05) is 18.2 Å². The summed E-state index contributed by atoms with van der Waals surface area (Å²) in [6, 6.07) is 16.4. The van der Waals surface area contributed by atoms with Gasteiger partial charge in [-0.3, -0.25) is 14.9 Å². The molecule has 0 unspecified atom stereocenters.